The number of fused-ring (bicyclic) bond motifs is 1. The molecule has 9 heteroatoms. The van der Waals surface area contributed by atoms with Gasteiger partial charge in [0.2, 0.25) is 0 Å². The summed E-state index contributed by atoms with van der Waals surface area (Å²) in [4.78, 5) is 38.9. The van der Waals surface area contributed by atoms with Crippen LogP contribution < -0.4 is 14.8 Å². The number of imide groups is 1. The highest BCUT2D eigenvalue weighted by molar-refractivity contribution is 8.18. The summed E-state index contributed by atoms with van der Waals surface area (Å²) < 4.78 is 16.4. The third kappa shape index (κ3) is 4.88. The maximum absolute atomic E-state index is 12.7. The van der Waals surface area contributed by atoms with Crippen molar-refractivity contribution in [1.82, 2.24) is 10.2 Å². The SMILES string of the molecule is CCOc1ccc(C=C2SC(=O)N(CCNC(=O)c3cc4ccccc4o3)C2=O)cc1OC. The Hall–Kier alpha value is -3.72. The first-order valence-corrected chi connectivity index (χ1v) is 11.1. The van der Waals surface area contributed by atoms with Gasteiger partial charge in [0.25, 0.3) is 17.1 Å². The number of amides is 3. The van der Waals surface area contributed by atoms with Gasteiger partial charge < -0.3 is 19.2 Å². The summed E-state index contributed by atoms with van der Waals surface area (Å²) in [6.07, 6.45) is 1.64. The number of para-hydroxylation sites is 1. The van der Waals surface area contributed by atoms with E-state index in [1.807, 2.05) is 25.1 Å². The first kappa shape index (κ1) is 22.5. The Morgan fingerprint density at radius 1 is 1.15 bits per heavy atom. The number of methoxy groups -OCH3 is 1. The van der Waals surface area contributed by atoms with Crippen LogP contribution in [-0.2, 0) is 4.79 Å². The van der Waals surface area contributed by atoms with Crippen LogP contribution >= 0.6 is 11.8 Å². The van der Waals surface area contributed by atoms with E-state index in [9.17, 15) is 14.4 Å². The summed E-state index contributed by atoms with van der Waals surface area (Å²) in [5.41, 5.74) is 1.32. The molecule has 0 saturated carbocycles. The summed E-state index contributed by atoms with van der Waals surface area (Å²) in [6, 6.07) is 14.2. The minimum atomic E-state index is -0.407. The zero-order valence-corrected chi connectivity index (χ0v) is 18.9. The molecular weight excluding hydrogens is 444 g/mol. The molecule has 4 rings (SSSR count). The van der Waals surface area contributed by atoms with Gasteiger partial charge in [-0.3, -0.25) is 19.3 Å². The fourth-order valence-electron chi connectivity index (χ4n) is 3.35. The molecule has 33 heavy (non-hydrogen) atoms. The fourth-order valence-corrected chi connectivity index (χ4v) is 4.22. The van der Waals surface area contributed by atoms with Crippen LogP contribution in [0.3, 0.4) is 0 Å². The molecule has 1 fully saturated rings. The van der Waals surface area contributed by atoms with Crippen LogP contribution in [0.4, 0.5) is 4.79 Å². The first-order chi connectivity index (χ1) is 16.0. The van der Waals surface area contributed by atoms with Crippen LogP contribution in [0.2, 0.25) is 0 Å². The van der Waals surface area contributed by atoms with Gasteiger partial charge in [-0.1, -0.05) is 24.3 Å². The molecule has 170 valence electrons. The van der Waals surface area contributed by atoms with Crippen LogP contribution in [0.5, 0.6) is 11.5 Å². The van der Waals surface area contributed by atoms with Crippen molar-refractivity contribution in [3.05, 3.63) is 64.8 Å². The molecule has 0 radical (unpaired) electrons. The minimum absolute atomic E-state index is 0.0561. The fraction of sp³-hybridized carbons (Fsp3) is 0.208. The molecule has 1 N–H and O–H groups in total. The molecule has 1 saturated heterocycles. The van der Waals surface area contributed by atoms with Crippen molar-refractivity contribution >= 4 is 45.9 Å². The number of nitrogens with one attached hydrogen (secondary N) is 1. The molecule has 0 aliphatic carbocycles. The van der Waals surface area contributed by atoms with Crippen LogP contribution in [0, 0.1) is 0 Å². The lowest BCUT2D eigenvalue weighted by molar-refractivity contribution is -0.122. The van der Waals surface area contributed by atoms with Gasteiger partial charge in [0.05, 0.1) is 18.6 Å². The zero-order valence-electron chi connectivity index (χ0n) is 18.1. The number of carbonyl (C=O) groups is 3. The lowest BCUT2D eigenvalue weighted by Crippen LogP contribution is -2.37. The predicted octanol–water partition coefficient (Wildman–Crippen LogP) is 4.31. The Balaban J connectivity index is 1.38. The monoisotopic (exact) mass is 466 g/mol. The molecule has 2 aromatic carbocycles. The van der Waals surface area contributed by atoms with Gasteiger partial charge in [-0.25, -0.2) is 0 Å². The quantitative estimate of drug-likeness (QED) is 0.494. The van der Waals surface area contributed by atoms with Gasteiger partial charge in [-0.15, -0.1) is 0 Å². The van der Waals surface area contributed by atoms with E-state index in [1.165, 1.54) is 7.11 Å². The van der Waals surface area contributed by atoms with Gasteiger partial charge >= 0.3 is 0 Å². The van der Waals surface area contributed by atoms with Crippen LogP contribution in [-0.4, -0.2) is 48.8 Å². The van der Waals surface area contributed by atoms with Crippen molar-refractivity contribution in [2.24, 2.45) is 0 Å². The number of hydrogen-bond acceptors (Lipinski definition) is 7. The highest BCUT2D eigenvalue weighted by Gasteiger charge is 2.34. The normalized spacial score (nSPS) is 14.8. The van der Waals surface area contributed by atoms with E-state index in [4.69, 9.17) is 13.9 Å². The second-order valence-corrected chi connectivity index (χ2v) is 8.07. The number of rotatable bonds is 8. The molecule has 0 unspecified atom stereocenters. The van der Waals surface area contributed by atoms with Crippen LogP contribution in [0.25, 0.3) is 17.0 Å². The van der Waals surface area contributed by atoms with Gasteiger partial charge in [0.15, 0.2) is 17.3 Å². The second-order valence-electron chi connectivity index (χ2n) is 7.08. The molecular formula is C24H22N2O6S. The van der Waals surface area contributed by atoms with Crippen molar-refractivity contribution in [2.75, 3.05) is 26.8 Å². The van der Waals surface area contributed by atoms with E-state index >= 15 is 0 Å². The molecule has 3 amide bonds. The average molecular weight is 467 g/mol. The van der Waals surface area contributed by atoms with Crippen molar-refractivity contribution < 1.29 is 28.3 Å². The predicted molar refractivity (Wildman–Crippen MR) is 125 cm³/mol. The number of thioether (sulfide) groups is 1. The van der Waals surface area contributed by atoms with E-state index in [0.717, 1.165) is 22.0 Å². The van der Waals surface area contributed by atoms with E-state index in [1.54, 1.807) is 36.4 Å². The number of furan rings is 1. The number of carbonyl (C=O) groups excluding carboxylic acids is 3. The Kier molecular flexibility index (Phi) is 6.69. The molecule has 0 spiro atoms. The molecule has 3 aromatic rings. The smallest absolute Gasteiger partial charge is 0.293 e. The summed E-state index contributed by atoms with van der Waals surface area (Å²) in [7, 11) is 1.54. The largest absolute Gasteiger partial charge is 0.493 e. The lowest BCUT2D eigenvalue weighted by atomic mass is 10.2. The Bertz CT molecular complexity index is 1220. The number of benzene rings is 2. The van der Waals surface area contributed by atoms with Gasteiger partial charge in [-0.05, 0) is 54.6 Å². The Labute approximate surface area is 194 Å². The molecule has 1 aliphatic rings. The maximum atomic E-state index is 12.7. The van der Waals surface area contributed by atoms with Crippen molar-refractivity contribution in [3.8, 4) is 11.5 Å². The van der Waals surface area contributed by atoms with E-state index < -0.39 is 11.8 Å². The van der Waals surface area contributed by atoms with E-state index in [0.29, 0.717) is 34.2 Å². The highest BCUT2D eigenvalue weighted by Crippen LogP contribution is 2.34. The maximum Gasteiger partial charge on any atom is 0.293 e. The zero-order chi connectivity index (χ0) is 23.4. The topological polar surface area (TPSA) is 98.1 Å². The van der Waals surface area contributed by atoms with Crippen molar-refractivity contribution in [1.29, 1.82) is 0 Å². The van der Waals surface area contributed by atoms with E-state index in [2.05, 4.69) is 5.32 Å². The molecule has 1 aliphatic heterocycles. The van der Waals surface area contributed by atoms with Gasteiger partial charge in [0.1, 0.15) is 5.58 Å². The van der Waals surface area contributed by atoms with Gasteiger partial charge in [-0.2, -0.15) is 0 Å². The summed E-state index contributed by atoms with van der Waals surface area (Å²) in [5, 5.41) is 3.12. The third-order valence-corrected chi connectivity index (χ3v) is 5.84. The van der Waals surface area contributed by atoms with Crippen molar-refractivity contribution in [2.45, 2.75) is 6.92 Å². The average Bonchev–Trinajstić information content (AvgIpc) is 3.36. The second kappa shape index (κ2) is 9.83. The van der Waals surface area contributed by atoms with Crippen molar-refractivity contribution in [3.63, 3.8) is 0 Å². The van der Waals surface area contributed by atoms with Gasteiger partial charge in [0, 0.05) is 18.5 Å². The Morgan fingerprint density at radius 2 is 1.97 bits per heavy atom. The standard InChI is InChI=1S/C24H22N2O6S/c1-3-31-18-9-8-15(12-19(18)30-2)13-21-23(28)26(24(29)33-21)11-10-25-22(27)20-14-16-6-4-5-7-17(16)32-20/h4-9,12-14H,3,10-11H2,1-2H3,(H,25,27). The number of nitrogens with zero attached hydrogens (tertiary/aromatic N) is 1. The third-order valence-electron chi connectivity index (χ3n) is 4.93. The lowest BCUT2D eigenvalue weighted by Gasteiger charge is -2.12. The Morgan fingerprint density at radius 3 is 2.73 bits per heavy atom. The molecule has 0 bridgehead atoms. The number of hydrogen-bond donors (Lipinski definition) is 1. The summed E-state index contributed by atoms with van der Waals surface area (Å²) in [6.45, 7) is 2.54. The minimum Gasteiger partial charge on any atom is -0.493 e. The summed E-state index contributed by atoms with van der Waals surface area (Å²) >= 11 is 0.858. The molecule has 1 aromatic heterocycles. The van der Waals surface area contributed by atoms with E-state index in [-0.39, 0.29) is 24.1 Å². The molecule has 0 atom stereocenters. The highest BCUT2D eigenvalue weighted by atomic mass is 32.2. The first-order valence-electron chi connectivity index (χ1n) is 10.3. The molecule has 2 heterocycles. The van der Waals surface area contributed by atoms with Crippen LogP contribution in [0.15, 0.2) is 57.9 Å². The molecule has 8 nitrogen and oxygen atoms in total. The van der Waals surface area contributed by atoms with Crippen LogP contribution in [0.1, 0.15) is 23.0 Å². The number of ether oxygens (including phenoxy) is 2. The summed E-state index contributed by atoms with van der Waals surface area (Å²) in [5.74, 6) is 0.504.